The largest absolute Gasteiger partial charge is 0.445 e. The Morgan fingerprint density at radius 3 is 2.64 bits per heavy atom. The molecule has 0 spiro atoms. The summed E-state index contributed by atoms with van der Waals surface area (Å²) in [5, 5.41) is 2.71. The number of hydrogen-bond acceptors (Lipinski definition) is 2. The summed E-state index contributed by atoms with van der Waals surface area (Å²) in [5.41, 5.74) is 4.66. The summed E-state index contributed by atoms with van der Waals surface area (Å²) in [4.78, 5) is 11.6. The van der Waals surface area contributed by atoms with E-state index < -0.39 is 6.09 Å². The van der Waals surface area contributed by atoms with E-state index in [4.69, 9.17) is 4.74 Å². The van der Waals surface area contributed by atoms with Crippen molar-refractivity contribution in [2.45, 2.75) is 20.5 Å². The van der Waals surface area contributed by atoms with E-state index in [0.717, 1.165) is 5.56 Å². The molecule has 2 rings (SSSR count). The van der Waals surface area contributed by atoms with Crippen molar-refractivity contribution in [3.8, 4) is 0 Å². The van der Waals surface area contributed by atoms with E-state index in [1.54, 1.807) is 0 Å². The monoisotopic (exact) mass is 295 g/mol. The number of rotatable bonds is 5. The summed E-state index contributed by atoms with van der Waals surface area (Å²) in [7, 11) is 0. The number of aryl methyl sites for hydroxylation is 1. The molecule has 1 amide bonds. The standard InChI is InChI=1S/C19H21NO2/c1-15-8-6-11-18(16(15)2)12-7-13-20-19(21)22-14-17-9-4-3-5-10-17/h3-12H,13-14H2,1-2H3,(H,20,21). The first kappa shape index (κ1) is 15.8. The van der Waals surface area contributed by atoms with Crippen molar-refractivity contribution >= 4 is 12.2 Å². The minimum Gasteiger partial charge on any atom is -0.445 e. The molecule has 0 unspecified atom stereocenters. The lowest BCUT2D eigenvalue weighted by molar-refractivity contribution is 0.141. The van der Waals surface area contributed by atoms with Crippen LogP contribution < -0.4 is 5.32 Å². The van der Waals surface area contributed by atoms with Crippen LogP contribution in [0.2, 0.25) is 0 Å². The molecule has 0 radical (unpaired) electrons. The molecule has 2 aromatic carbocycles. The Bertz CT molecular complexity index is 648. The maximum Gasteiger partial charge on any atom is 0.407 e. The predicted molar refractivity (Wildman–Crippen MR) is 89.6 cm³/mol. The first-order valence-electron chi connectivity index (χ1n) is 7.34. The summed E-state index contributed by atoms with van der Waals surface area (Å²) in [5.74, 6) is 0. The lowest BCUT2D eigenvalue weighted by Gasteiger charge is -2.06. The molecule has 0 fully saturated rings. The third-order valence-corrected chi connectivity index (χ3v) is 3.52. The maximum absolute atomic E-state index is 11.6. The average Bonchev–Trinajstić information content (AvgIpc) is 2.54. The van der Waals surface area contributed by atoms with Gasteiger partial charge in [-0.05, 0) is 36.1 Å². The van der Waals surface area contributed by atoms with Crippen LogP contribution in [-0.2, 0) is 11.3 Å². The third kappa shape index (κ3) is 4.77. The van der Waals surface area contributed by atoms with E-state index in [9.17, 15) is 4.79 Å². The van der Waals surface area contributed by atoms with Gasteiger partial charge in [-0.25, -0.2) is 4.79 Å². The zero-order chi connectivity index (χ0) is 15.8. The Hall–Kier alpha value is -2.55. The van der Waals surface area contributed by atoms with Crippen LogP contribution in [0, 0.1) is 13.8 Å². The minimum absolute atomic E-state index is 0.285. The highest BCUT2D eigenvalue weighted by atomic mass is 16.5. The van der Waals surface area contributed by atoms with Gasteiger partial charge in [0, 0.05) is 6.54 Å². The molecule has 0 aromatic heterocycles. The topological polar surface area (TPSA) is 38.3 Å². The molecule has 0 atom stereocenters. The second-order valence-corrected chi connectivity index (χ2v) is 5.13. The van der Waals surface area contributed by atoms with Gasteiger partial charge in [0.1, 0.15) is 6.61 Å². The highest BCUT2D eigenvalue weighted by Gasteiger charge is 2.00. The van der Waals surface area contributed by atoms with Crippen LogP contribution in [0.4, 0.5) is 4.79 Å². The Kier molecular flexibility index (Phi) is 5.78. The molecule has 3 nitrogen and oxygen atoms in total. The number of ether oxygens (including phenoxy) is 1. The SMILES string of the molecule is Cc1cccc(C=CCNC(=O)OCc2ccccc2)c1C. The highest BCUT2D eigenvalue weighted by molar-refractivity contribution is 5.67. The zero-order valence-electron chi connectivity index (χ0n) is 13.0. The smallest absolute Gasteiger partial charge is 0.407 e. The number of carbonyl (C=O) groups is 1. The minimum atomic E-state index is -0.408. The summed E-state index contributed by atoms with van der Waals surface area (Å²) >= 11 is 0. The van der Waals surface area contributed by atoms with Gasteiger partial charge in [0.15, 0.2) is 0 Å². The van der Waals surface area contributed by atoms with Gasteiger partial charge >= 0.3 is 6.09 Å². The van der Waals surface area contributed by atoms with Crippen LogP contribution in [0.15, 0.2) is 54.6 Å². The predicted octanol–water partition coefficient (Wildman–Crippen LogP) is 4.24. The zero-order valence-corrected chi connectivity index (χ0v) is 13.0. The highest BCUT2D eigenvalue weighted by Crippen LogP contribution is 2.13. The van der Waals surface area contributed by atoms with Gasteiger partial charge in [-0.15, -0.1) is 0 Å². The molecule has 0 saturated carbocycles. The van der Waals surface area contributed by atoms with Crippen LogP contribution in [0.3, 0.4) is 0 Å². The van der Waals surface area contributed by atoms with Gasteiger partial charge in [0.2, 0.25) is 0 Å². The van der Waals surface area contributed by atoms with Gasteiger partial charge in [-0.1, -0.05) is 60.7 Å². The van der Waals surface area contributed by atoms with Crippen molar-refractivity contribution in [1.29, 1.82) is 0 Å². The number of benzene rings is 2. The quantitative estimate of drug-likeness (QED) is 0.896. The first-order valence-corrected chi connectivity index (χ1v) is 7.34. The maximum atomic E-state index is 11.6. The van der Waals surface area contributed by atoms with E-state index >= 15 is 0 Å². The molecular weight excluding hydrogens is 274 g/mol. The molecule has 0 heterocycles. The lowest BCUT2D eigenvalue weighted by atomic mass is 10.0. The van der Waals surface area contributed by atoms with Crippen molar-refractivity contribution in [2.24, 2.45) is 0 Å². The fourth-order valence-electron chi connectivity index (χ4n) is 2.06. The summed E-state index contributed by atoms with van der Waals surface area (Å²) in [6, 6.07) is 15.8. The fraction of sp³-hybridized carbons (Fsp3) is 0.211. The Morgan fingerprint density at radius 1 is 1.09 bits per heavy atom. The van der Waals surface area contributed by atoms with E-state index in [1.807, 2.05) is 48.6 Å². The van der Waals surface area contributed by atoms with E-state index in [0.29, 0.717) is 6.54 Å². The van der Waals surface area contributed by atoms with Crippen molar-refractivity contribution in [3.05, 3.63) is 76.9 Å². The molecule has 22 heavy (non-hydrogen) atoms. The Morgan fingerprint density at radius 2 is 1.86 bits per heavy atom. The number of carbonyl (C=O) groups excluding carboxylic acids is 1. The van der Waals surface area contributed by atoms with Gasteiger partial charge < -0.3 is 10.1 Å². The number of alkyl carbamates (subject to hydrolysis) is 1. The fourth-order valence-corrected chi connectivity index (χ4v) is 2.06. The van der Waals surface area contributed by atoms with Crippen molar-refractivity contribution < 1.29 is 9.53 Å². The number of nitrogens with one attached hydrogen (secondary N) is 1. The lowest BCUT2D eigenvalue weighted by Crippen LogP contribution is -2.24. The van der Waals surface area contributed by atoms with Crippen LogP contribution in [-0.4, -0.2) is 12.6 Å². The molecule has 0 aliphatic carbocycles. The summed E-state index contributed by atoms with van der Waals surface area (Å²) in [6.45, 7) is 4.91. The second kappa shape index (κ2) is 8.03. The van der Waals surface area contributed by atoms with Crippen molar-refractivity contribution in [3.63, 3.8) is 0 Å². The second-order valence-electron chi connectivity index (χ2n) is 5.13. The van der Waals surface area contributed by atoms with E-state index in [-0.39, 0.29) is 6.61 Å². The first-order chi connectivity index (χ1) is 10.7. The van der Waals surface area contributed by atoms with Gasteiger partial charge in [0.25, 0.3) is 0 Å². The van der Waals surface area contributed by atoms with Crippen molar-refractivity contribution in [1.82, 2.24) is 5.32 Å². The van der Waals surface area contributed by atoms with Gasteiger partial charge in [-0.2, -0.15) is 0 Å². The van der Waals surface area contributed by atoms with Crippen LogP contribution in [0.25, 0.3) is 6.08 Å². The molecule has 3 heteroatoms. The average molecular weight is 295 g/mol. The normalized spacial score (nSPS) is 10.6. The molecule has 0 bridgehead atoms. The Labute approximate surface area is 131 Å². The van der Waals surface area contributed by atoms with Crippen molar-refractivity contribution in [2.75, 3.05) is 6.54 Å². The van der Waals surface area contributed by atoms with Crippen LogP contribution >= 0.6 is 0 Å². The molecule has 0 saturated heterocycles. The van der Waals surface area contributed by atoms with Crippen LogP contribution in [0.1, 0.15) is 22.3 Å². The van der Waals surface area contributed by atoms with E-state index in [1.165, 1.54) is 16.7 Å². The molecule has 1 N–H and O–H groups in total. The number of hydrogen-bond donors (Lipinski definition) is 1. The summed E-state index contributed by atoms with van der Waals surface area (Å²) in [6.07, 6.45) is 3.53. The van der Waals surface area contributed by atoms with Gasteiger partial charge in [-0.3, -0.25) is 0 Å². The van der Waals surface area contributed by atoms with Crippen LogP contribution in [0.5, 0.6) is 0 Å². The summed E-state index contributed by atoms with van der Waals surface area (Å²) < 4.78 is 5.14. The Balaban J connectivity index is 1.75. The number of amides is 1. The van der Waals surface area contributed by atoms with E-state index in [2.05, 4.69) is 31.3 Å². The molecule has 2 aromatic rings. The molecule has 0 aliphatic heterocycles. The molecule has 114 valence electrons. The van der Waals surface area contributed by atoms with Gasteiger partial charge in [0.05, 0.1) is 0 Å². The molecule has 0 aliphatic rings. The third-order valence-electron chi connectivity index (χ3n) is 3.52. The molecular formula is C19H21NO2.